The molecule has 0 aliphatic carbocycles. The van der Waals surface area contributed by atoms with Gasteiger partial charge in [-0.25, -0.2) is 14.5 Å². The van der Waals surface area contributed by atoms with Gasteiger partial charge in [0.05, 0.1) is 7.11 Å². The Kier molecular flexibility index (Phi) is 2.98. The molecular weight excluding hydrogens is 244 g/mol. The summed E-state index contributed by atoms with van der Waals surface area (Å²) in [4.78, 5) is 20.4. The highest BCUT2D eigenvalue weighted by Crippen LogP contribution is 2.26. The Morgan fingerprint density at radius 1 is 1.47 bits per heavy atom. The highest BCUT2D eigenvalue weighted by Gasteiger charge is 2.29. The van der Waals surface area contributed by atoms with Crippen molar-refractivity contribution < 1.29 is 9.53 Å². The number of pyridine rings is 1. The van der Waals surface area contributed by atoms with Gasteiger partial charge in [0.1, 0.15) is 11.5 Å². The first kappa shape index (κ1) is 11.8. The predicted octanol–water partition coefficient (Wildman–Crippen LogP) is 1.39. The van der Waals surface area contributed by atoms with Gasteiger partial charge in [0, 0.05) is 12.6 Å². The normalized spacial score (nSPS) is 17.8. The second kappa shape index (κ2) is 4.79. The number of methoxy groups -OCH3 is 1. The number of carbonyl (C=O) groups is 1. The van der Waals surface area contributed by atoms with E-state index in [4.69, 9.17) is 4.74 Å². The molecule has 3 heterocycles. The third-order valence-electron chi connectivity index (χ3n) is 3.24. The summed E-state index contributed by atoms with van der Waals surface area (Å²) in [6.45, 7) is 0. The molecule has 98 valence electrons. The largest absolute Gasteiger partial charge is 0.467 e. The SMILES string of the molecule is COC(=O)C1CCCc2nc(-c3ccccn3)nn21. The van der Waals surface area contributed by atoms with E-state index in [0.717, 1.165) is 25.1 Å². The Balaban J connectivity index is 2.00. The standard InChI is InChI=1S/C13H14N4O2/c1-19-13(18)10-6-4-7-11-15-12(16-17(10)11)9-5-2-3-8-14-9/h2-3,5,8,10H,4,6-7H2,1H3. The molecule has 1 aliphatic rings. The molecule has 0 saturated heterocycles. The van der Waals surface area contributed by atoms with E-state index >= 15 is 0 Å². The first-order valence-electron chi connectivity index (χ1n) is 6.24. The summed E-state index contributed by atoms with van der Waals surface area (Å²) < 4.78 is 6.50. The molecule has 0 aromatic carbocycles. The van der Waals surface area contributed by atoms with Crippen LogP contribution in [-0.4, -0.2) is 32.8 Å². The Morgan fingerprint density at radius 2 is 2.37 bits per heavy atom. The van der Waals surface area contributed by atoms with Crippen LogP contribution < -0.4 is 0 Å². The molecular formula is C13H14N4O2. The minimum atomic E-state index is -0.362. The van der Waals surface area contributed by atoms with Crippen molar-refractivity contribution in [1.29, 1.82) is 0 Å². The molecule has 0 spiro atoms. The average molecular weight is 258 g/mol. The third-order valence-corrected chi connectivity index (χ3v) is 3.24. The first-order valence-corrected chi connectivity index (χ1v) is 6.24. The summed E-state index contributed by atoms with van der Waals surface area (Å²) in [5, 5.41) is 4.41. The molecule has 0 radical (unpaired) electrons. The maximum Gasteiger partial charge on any atom is 0.330 e. The van der Waals surface area contributed by atoms with Crippen molar-refractivity contribution in [3.05, 3.63) is 30.2 Å². The molecule has 3 rings (SSSR count). The molecule has 1 atom stereocenters. The van der Waals surface area contributed by atoms with Crippen LogP contribution in [0.5, 0.6) is 0 Å². The summed E-state index contributed by atoms with van der Waals surface area (Å²) in [5.74, 6) is 1.12. The molecule has 1 unspecified atom stereocenters. The molecule has 0 N–H and O–H groups in total. The van der Waals surface area contributed by atoms with Crippen LogP contribution in [0.25, 0.3) is 11.5 Å². The Hall–Kier alpha value is -2.24. The van der Waals surface area contributed by atoms with Crippen LogP contribution in [0.2, 0.25) is 0 Å². The lowest BCUT2D eigenvalue weighted by molar-refractivity contribution is -0.145. The van der Waals surface area contributed by atoms with Crippen LogP contribution in [0.15, 0.2) is 24.4 Å². The number of hydrogen-bond acceptors (Lipinski definition) is 5. The molecule has 0 fully saturated rings. The van der Waals surface area contributed by atoms with E-state index in [9.17, 15) is 4.79 Å². The summed E-state index contributed by atoms with van der Waals surface area (Å²) in [6.07, 6.45) is 4.19. The van der Waals surface area contributed by atoms with E-state index in [2.05, 4.69) is 15.1 Å². The molecule has 6 nitrogen and oxygen atoms in total. The Labute approximate surface area is 110 Å². The Morgan fingerprint density at radius 3 is 3.11 bits per heavy atom. The maximum atomic E-state index is 11.7. The van der Waals surface area contributed by atoms with Crippen molar-refractivity contribution >= 4 is 5.97 Å². The van der Waals surface area contributed by atoms with E-state index in [1.165, 1.54) is 7.11 Å². The van der Waals surface area contributed by atoms with Crippen molar-refractivity contribution in [2.24, 2.45) is 0 Å². The fourth-order valence-electron chi connectivity index (χ4n) is 2.31. The third kappa shape index (κ3) is 2.09. The zero-order valence-corrected chi connectivity index (χ0v) is 10.6. The molecule has 1 aliphatic heterocycles. The summed E-state index contributed by atoms with van der Waals surface area (Å²) >= 11 is 0. The number of esters is 1. The number of hydrogen-bond donors (Lipinski definition) is 0. The van der Waals surface area contributed by atoms with Crippen molar-refractivity contribution in [2.45, 2.75) is 25.3 Å². The molecule has 2 aromatic heterocycles. The van der Waals surface area contributed by atoms with Crippen LogP contribution in [0.4, 0.5) is 0 Å². The number of aryl methyl sites for hydroxylation is 1. The lowest BCUT2D eigenvalue weighted by atomic mass is 10.1. The average Bonchev–Trinajstić information content (AvgIpc) is 2.91. The smallest absolute Gasteiger partial charge is 0.330 e. The number of rotatable bonds is 2. The van der Waals surface area contributed by atoms with Gasteiger partial charge in [-0.1, -0.05) is 6.07 Å². The van der Waals surface area contributed by atoms with Gasteiger partial charge in [-0.15, -0.1) is 5.10 Å². The Bertz CT molecular complexity index is 594. The van der Waals surface area contributed by atoms with E-state index in [1.54, 1.807) is 10.9 Å². The van der Waals surface area contributed by atoms with Crippen LogP contribution in [0.3, 0.4) is 0 Å². The minimum absolute atomic E-state index is 0.265. The topological polar surface area (TPSA) is 69.9 Å². The van der Waals surface area contributed by atoms with Gasteiger partial charge < -0.3 is 4.74 Å². The molecule has 6 heteroatoms. The summed E-state index contributed by atoms with van der Waals surface area (Å²) in [5.41, 5.74) is 0.716. The number of fused-ring (bicyclic) bond motifs is 1. The van der Waals surface area contributed by atoms with Crippen molar-refractivity contribution in [1.82, 2.24) is 19.7 Å². The van der Waals surface area contributed by atoms with Crippen molar-refractivity contribution in [3.63, 3.8) is 0 Å². The second-order valence-electron chi connectivity index (χ2n) is 4.44. The fraction of sp³-hybridized carbons (Fsp3) is 0.385. The van der Waals surface area contributed by atoms with Gasteiger partial charge >= 0.3 is 5.97 Å². The zero-order valence-electron chi connectivity index (χ0n) is 10.6. The summed E-state index contributed by atoms with van der Waals surface area (Å²) in [7, 11) is 1.40. The molecule has 2 aromatic rings. The maximum absolute atomic E-state index is 11.7. The van der Waals surface area contributed by atoms with Gasteiger partial charge in [-0.3, -0.25) is 4.98 Å². The minimum Gasteiger partial charge on any atom is -0.467 e. The van der Waals surface area contributed by atoms with Crippen LogP contribution in [0.1, 0.15) is 24.7 Å². The van der Waals surface area contributed by atoms with Crippen LogP contribution in [-0.2, 0) is 16.0 Å². The van der Waals surface area contributed by atoms with Gasteiger partial charge in [-0.2, -0.15) is 0 Å². The molecule has 0 bridgehead atoms. The molecule has 19 heavy (non-hydrogen) atoms. The van der Waals surface area contributed by atoms with Gasteiger partial charge in [0.2, 0.25) is 0 Å². The van der Waals surface area contributed by atoms with E-state index in [1.807, 2.05) is 18.2 Å². The quantitative estimate of drug-likeness (QED) is 0.761. The number of carbonyl (C=O) groups excluding carboxylic acids is 1. The predicted molar refractivity (Wildman–Crippen MR) is 67.2 cm³/mol. The lowest BCUT2D eigenvalue weighted by Crippen LogP contribution is -2.27. The summed E-state index contributed by atoms with van der Waals surface area (Å²) in [6, 6.07) is 5.23. The lowest BCUT2D eigenvalue weighted by Gasteiger charge is -2.20. The van der Waals surface area contributed by atoms with Crippen molar-refractivity contribution in [2.75, 3.05) is 7.11 Å². The van der Waals surface area contributed by atoms with Gasteiger partial charge in [0.25, 0.3) is 0 Å². The first-order chi connectivity index (χ1) is 9.29. The van der Waals surface area contributed by atoms with Gasteiger partial charge in [0.15, 0.2) is 11.9 Å². The van der Waals surface area contributed by atoms with Gasteiger partial charge in [-0.05, 0) is 25.0 Å². The number of aromatic nitrogens is 4. The van der Waals surface area contributed by atoms with Crippen molar-refractivity contribution in [3.8, 4) is 11.5 Å². The van der Waals surface area contributed by atoms with E-state index < -0.39 is 0 Å². The zero-order chi connectivity index (χ0) is 13.2. The second-order valence-corrected chi connectivity index (χ2v) is 4.44. The van der Waals surface area contributed by atoms with Crippen LogP contribution >= 0.6 is 0 Å². The molecule has 0 amide bonds. The highest BCUT2D eigenvalue weighted by molar-refractivity contribution is 5.74. The van der Waals surface area contributed by atoms with E-state index in [0.29, 0.717) is 11.5 Å². The van der Waals surface area contributed by atoms with E-state index in [-0.39, 0.29) is 12.0 Å². The molecule has 0 saturated carbocycles. The number of ether oxygens (including phenoxy) is 1. The van der Waals surface area contributed by atoms with Crippen LogP contribution in [0, 0.1) is 0 Å². The fourth-order valence-corrected chi connectivity index (χ4v) is 2.31. The number of nitrogens with zero attached hydrogens (tertiary/aromatic N) is 4. The monoisotopic (exact) mass is 258 g/mol. The highest BCUT2D eigenvalue weighted by atomic mass is 16.5.